The van der Waals surface area contributed by atoms with Crippen LogP contribution in [-0.4, -0.2) is 72.6 Å². The van der Waals surface area contributed by atoms with Gasteiger partial charge < -0.3 is 19.3 Å². The summed E-state index contributed by atoms with van der Waals surface area (Å²) < 4.78 is 10.9. The Bertz CT molecular complexity index is 1040. The van der Waals surface area contributed by atoms with Crippen LogP contribution in [0.4, 0.5) is 0 Å². The second-order valence-electron chi connectivity index (χ2n) is 8.89. The van der Waals surface area contributed by atoms with E-state index in [0.717, 1.165) is 44.0 Å². The molecule has 0 saturated carbocycles. The first-order chi connectivity index (χ1) is 16.1. The summed E-state index contributed by atoms with van der Waals surface area (Å²) >= 11 is 6.05. The summed E-state index contributed by atoms with van der Waals surface area (Å²) in [7, 11) is 0. The monoisotopic (exact) mass is 469 g/mol. The molecule has 0 N–H and O–H groups in total. The highest BCUT2D eigenvalue weighted by Gasteiger charge is 2.33. The molecule has 0 aliphatic carbocycles. The van der Waals surface area contributed by atoms with Crippen LogP contribution in [0.1, 0.15) is 28.8 Å². The van der Waals surface area contributed by atoms with Crippen molar-refractivity contribution in [1.82, 2.24) is 14.7 Å². The number of fused-ring (bicyclic) bond motifs is 1. The molecule has 7 nitrogen and oxygen atoms in total. The lowest BCUT2D eigenvalue weighted by molar-refractivity contribution is -0.138. The van der Waals surface area contributed by atoms with E-state index < -0.39 is 0 Å². The molecule has 1 atom stereocenters. The van der Waals surface area contributed by atoms with Gasteiger partial charge in [-0.1, -0.05) is 23.7 Å². The number of likely N-dealkylation sites (tertiary alicyclic amines) is 1. The standard InChI is InChI=1S/C25H28ClN3O4/c26-21-5-1-3-19(14-21)24(30)29-8-2-4-20(16-29)25(31)28-11-9-27(10-12-28)15-18-6-7-22-23(13-18)33-17-32-22/h1,3,5-7,13-14,20H,2,4,8-12,15-17H2. The van der Waals surface area contributed by atoms with Crippen molar-refractivity contribution in [2.75, 3.05) is 46.1 Å². The van der Waals surface area contributed by atoms with Crippen LogP contribution in [0.25, 0.3) is 0 Å². The van der Waals surface area contributed by atoms with Gasteiger partial charge in [0.05, 0.1) is 5.92 Å². The van der Waals surface area contributed by atoms with E-state index in [1.165, 1.54) is 5.56 Å². The highest BCUT2D eigenvalue weighted by atomic mass is 35.5. The van der Waals surface area contributed by atoms with Crippen LogP contribution < -0.4 is 9.47 Å². The van der Waals surface area contributed by atoms with E-state index >= 15 is 0 Å². The van der Waals surface area contributed by atoms with Crippen molar-refractivity contribution in [3.63, 3.8) is 0 Å². The fraction of sp³-hybridized carbons (Fsp3) is 0.440. The summed E-state index contributed by atoms with van der Waals surface area (Å²) in [6.07, 6.45) is 1.67. The predicted molar refractivity (Wildman–Crippen MR) is 125 cm³/mol. The molecule has 2 fully saturated rings. The molecule has 174 valence electrons. The molecule has 2 aromatic rings. The van der Waals surface area contributed by atoms with Gasteiger partial charge in [0.25, 0.3) is 5.91 Å². The van der Waals surface area contributed by atoms with Crippen LogP contribution in [0.2, 0.25) is 5.02 Å². The number of piperazine rings is 1. The minimum atomic E-state index is -0.137. The summed E-state index contributed by atoms with van der Waals surface area (Å²) in [6, 6.07) is 13.1. The lowest BCUT2D eigenvalue weighted by atomic mass is 9.95. The minimum absolute atomic E-state index is 0.0523. The lowest BCUT2D eigenvalue weighted by Crippen LogP contribution is -2.52. The van der Waals surface area contributed by atoms with Gasteiger partial charge in [0.2, 0.25) is 12.7 Å². The molecule has 0 spiro atoms. The van der Waals surface area contributed by atoms with Gasteiger partial charge in [-0.2, -0.15) is 0 Å². The highest BCUT2D eigenvalue weighted by molar-refractivity contribution is 6.30. The topological polar surface area (TPSA) is 62.3 Å². The number of ether oxygens (including phenoxy) is 2. The molecule has 3 aliphatic heterocycles. The number of carbonyl (C=O) groups is 2. The Labute approximate surface area is 198 Å². The third-order valence-corrected chi connectivity index (χ3v) is 6.89. The number of carbonyl (C=O) groups excluding carboxylic acids is 2. The summed E-state index contributed by atoms with van der Waals surface area (Å²) in [6.45, 7) is 5.34. The minimum Gasteiger partial charge on any atom is -0.454 e. The average Bonchev–Trinajstić information content (AvgIpc) is 3.32. The van der Waals surface area contributed by atoms with Gasteiger partial charge in [0.1, 0.15) is 0 Å². The zero-order valence-corrected chi connectivity index (χ0v) is 19.3. The number of rotatable bonds is 4. The first kappa shape index (κ1) is 22.0. The fourth-order valence-electron chi connectivity index (χ4n) is 4.85. The van der Waals surface area contributed by atoms with Crippen LogP contribution in [0, 0.1) is 5.92 Å². The maximum absolute atomic E-state index is 13.2. The highest BCUT2D eigenvalue weighted by Crippen LogP contribution is 2.33. The molecule has 2 amide bonds. The van der Waals surface area contributed by atoms with E-state index in [0.29, 0.717) is 36.8 Å². The summed E-state index contributed by atoms with van der Waals surface area (Å²) in [5, 5.41) is 0.545. The van der Waals surface area contributed by atoms with Gasteiger partial charge in [-0.3, -0.25) is 14.5 Å². The van der Waals surface area contributed by atoms with Gasteiger partial charge >= 0.3 is 0 Å². The van der Waals surface area contributed by atoms with E-state index in [-0.39, 0.29) is 24.5 Å². The summed E-state index contributed by atoms with van der Waals surface area (Å²) in [5.74, 6) is 1.58. The van der Waals surface area contributed by atoms with Crippen molar-refractivity contribution in [3.8, 4) is 11.5 Å². The zero-order valence-electron chi connectivity index (χ0n) is 18.5. The molecule has 2 saturated heterocycles. The Morgan fingerprint density at radius 1 is 0.939 bits per heavy atom. The summed E-state index contributed by atoms with van der Waals surface area (Å²) in [5.41, 5.74) is 1.76. The number of piperidine rings is 1. The third-order valence-electron chi connectivity index (χ3n) is 6.66. The molecule has 3 aliphatic rings. The second-order valence-corrected chi connectivity index (χ2v) is 9.33. The molecular formula is C25H28ClN3O4. The molecule has 2 aromatic carbocycles. The van der Waals surface area contributed by atoms with E-state index in [1.807, 2.05) is 17.0 Å². The van der Waals surface area contributed by atoms with Crippen LogP contribution in [0.3, 0.4) is 0 Å². The van der Waals surface area contributed by atoms with Crippen LogP contribution in [-0.2, 0) is 11.3 Å². The first-order valence-corrected chi connectivity index (χ1v) is 11.9. The van der Waals surface area contributed by atoms with Crippen molar-refractivity contribution < 1.29 is 19.1 Å². The Morgan fingerprint density at radius 2 is 1.76 bits per heavy atom. The SMILES string of the molecule is O=C(c1cccc(Cl)c1)N1CCCC(C(=O)N2CCN(Cc3ccc4c(c3)OCO4)CC2)C1. The quantitative estimate of drug-likeness (QED) is 0.687. The maximum atomic E-state index is 13.2. The Kier molecular flexibility index (Phi) is 6.42. The van der Waals surface area contributed by atoms with Gasteiger partial charge in [0.15, 0.2) is 11.5 Å². The number of hydrogen-bond donors (Lipinski definition) is 0. The van der Waals surface area contributed by atoms with E-state index in [2.05, 4.69) is 11.0 Å². The molecular weight excluding hydrogens is 442 g/mol. The Hall–Kier alpha value is -2.77. The van der Waals surface area contributed by atoms with Gasteiger partial charge in [-0.05, 0) is 48.7 Å². The van der Waals surface area contributed by atoms with Crippen molar-refractivity contribution >= 4 is 23.4 Å². The lowest BCUT2D eigenvalue weighted by Gasteiger charge is -2.39. The van der Waals surface area contributed by atoms with Crippen molar-refractivity contribution in [3.05, 3.63) is 58.6 Å². The van der Waals surface area contributed by atoms with Crippen molar-refractivity contribution in [1.29, 1.82) is 0 Å². The summed E-state index contributed by atoms with van der Waals surface area (Å²) in [4.78, 5) is 32.2. The third kappa shape index (κ3) is 4.94. The fourth-order valence-corrected chi connectivity index (χ4v) is 5.04. The normalized spacial score (nSPS) is 20.7. The van der Waals surface area contributed by atoms with Gasteiger partial charge in [0, 0.05) is 56.4 Å². The first-order valence-electron chi connectivity index (χ1n) is 11.5. The number of benzene rings is 2. The zero-order chi connectivity index (χ0) is 22.8. The van der Waals surface area contributed by atoms with E-state index in [4.69, 9.17) is 21.1 Å². The molecule has 8 heteroatoms. The average molecular weight is 470 g/mol. The van der Waals surface area contributed by atoms with Crippen LogP contribution in [0.5, 0.6) is 11.5 Å². The maximum Gasteiger partial charge on any atom is 0.253 e. The number of hydrogen-bond acceptors (Lipinski definition) is 5. The van der Waals surface area contributed by atoms with Gasteiger partial charge in [-0.25, -0.2) is 0 Å². The van der Waals surface area contributed by atoms with Crippen LogP contribution >= 0.6 is 11.6 Å². The molecule has 1 unspecified atom stereocenters. The molecule has 3 heterocycles. The smallest absolute Gasteiger partial charge is 0.253 e. The van der Waals surface area contributed by atoms with Crippen molar-refractivity contribution in [2.24, 2.45) is 5.92 Å². The van der Waals surface area contributed by atoms with E-state index in [9.17, 15) is 9.59 Å². The predicted octanol–water partition coefficient (Wildman–Crippen LogP) is 3.27. The number of halogens is 1. The Balaban J connectivity index is 1.14. The Morgan fingerprint density at radius 3 is 2.58 bits per heavy atom. The molecule has 0 bridgehead atoms. The van der Waals surface area contributed by atoms with Crippen molar-refractivity contribution in [2.45, 2.75) is 19.4 Å². The molecule has 5 rings (SSSR count). The largest absolute Gasteiger partial charge is 0.454 e. The number of nitrogens with zero attached hydrogens (tertiary/aromatic N) is 3. The second kappa shape index (κ2) is 9.61. The van der Waals surface area contributed by atoms with E-state index in [1.54, 1.807) is 29.2 Å². The van der Waals surface area contributed by atoms with Gasteiger partial charge in [-0.15, -0.1) is 0 Å². The molecule has 0 aromatic heterocycles. The molecule has 0 radical (unpaired) electrons. The molecule has 33 heavy (non-hydrogen) atoms. The van der Waals surface area contributed by atoms with Crippen LogP contribution in [0.15, 0.2) is 42.5 Å². The number of amides is 2.